The topological polar surface area (TPSA) is 51.4 Å². The molecule has 0 aliphatic carbocycles. The van der Waals surface area contributed by atoms with Gasteiger partial charge in [-0.15, -0.1) is 0 Å². The van der Waals surface area contributed by atoms with Crippen LogP contribution in [0.4, 0.5) is 5.82 Å². The van der Waals surface area contributed by atoms with Gasteiger partial charge in [0, 0.05) is 18.3 Å². The average Bonchev–Trinajstić information content (AvgIpc) is 2.32. The molecule has 4 nitrogen and oxygen atoms in total. The molecule has 0 aromatic carbocycles. The summed E-state index contributed by atoms with van der Waals surface area (Å²) in [5.74, 6) is 0.915. The Morgan fingerprint density at radius 2 is 2.35 bits per heavy atom. The molecule has 0 spiro atoms. The Bertz CT molecular complexity index is 424. The standard InChI is InChI=1S/C12H17N3OS/c1-8-7-16-9(2)6-15(8)11-5-10(12(13)17)3-4-14-11/h3-5,8-9H,6-7H2,1-2H3,(H2,13,17). The maximum Gasteiger partial charge on any atom is 0.129 e. The third kappa shape index (κ3) is 2.73. The van der Waals surface area contributed by atoms with Crippen molar-refractivity contribution in [1.82, 2.24) is 4.98 Å². The number of hydrogen-bond donors (Lipinski definition) is 1. The summed E-state index contributed by atoms with van der Waals surface area (Å²) in [6.07, 6.45) is 1.97. The molecule has 2 atom stereocenters. The van der Waals surface area contributed by atoms with Gasteiger partial charge >= 0.3 is 0 Å². The van der Waals surface area contributed by atoms with E-state index in [1.54, 1.807) is 6.20 Å². The van der Waals surface area contributed by atoms with Crippen molar-refractivity contribution in [3.63, 3.8) is 0 Å². The SMILES string of the molecule is CC1CN(c2cc(C(N)=S)ccn2)C(C)CO1. The fourth-order valence-electron chi connectivity index (χ4n) is 1.95. The number of anilines is 1. The molecule has 1 aromatic rings. The van der Waals surface area contributed by atoms with Gasteiger partial charge in [-0.2, -0.15) is 0 Å². The van der Waals surface area contributed by atoms with E-state index in [1.807, 2.05) is 12.1 Å². The number of nitrogens with zero attached hydrogens (tertiary/aromatic N) is 2. The van der Waals surface area contributed by atoms with Crippen LogP contribution in [0.2, 0.25) is 0 Å². The van der Waals surface area contributed by atoms with E-state index in [4.69, 9.17) is 22.7 Å². The summed E-state index contributed by atoms with van der Waals surface area (Å²) in [5, 5.41) is 0. The highest BCUT2D eigenvalue weighted by molar-refractivity contribution is 7.80. The van der Waals surface area contributed by atoms with Gasteiger partial charge in [-0.05, 0) is 26.0 Å². The molecule has 1 aromatic heterocycles. The zero-order valence-electron chi connectivity index (χ0n) is 10.1. The summed E-state index contributed by atoms with van der Waals surface area (Å²) in [6, 6.07) is 4.09. The molecule has 2 heterocycles. The molecular weight excluding hydrogens is 234 g/mol. The number of pyridine rings is 1. The van der Waals surface area contributed by atoms with Crippen LogP contribution in [-0.2, 0) is 4.74 Å². The third-order valence-electron chi connectivity index (χ3n) is 2.93. The van der Waals surface area contributed by atoms with Gasteiger partial charge in [-0.25, -0.2) is 4.98 Å². The molecule has 92 valence electrons. The lowest BCUT2D eigenvalue weighted by molar-refractivity contribution is 0.0340. The van der Waals surface area contributed by atoms with Gasteiger partial charge in [0.1, 0.15) is 10.8 Å². The van der Waals surface area contributed by atoms with Gasteiger partial charge in [-0.3, -0.25) is 0 Å². The molecule has 2 unspecified atom stereocenters. The minimum absolute atomic E-state index is 0.224. The quantitative estimate of drug-likeness (QED) is 0.804. The molecule has 0 amide bonds. The van der Waals surface area contributed by atoms with Crippen molar-refractivity contribution in [2.24, 2.45) is 5.73 Å². The predicted molar refractivity (Wildman–Crippen MR) is 72.3 cm³/mol. The zero-order chi connectivity index (χ0) is 12.4. The molecule has 1 aliphatic rings. The number of ether oxygens (including phenoxy) is 1. The number of aromatic nitrogens is 1. The van der Waals surface area contributed by atoms with Crippen molar-refractivity contribution < 1.29 is 4.74 Å². The van der Waals surface area contributed by atoms with E-state index in [0.717, 1.165) is 24.5 Å². The Hall–Kier alpha value is -1.20. The summed E-state index contributed by atoms with van der Waals surface area (Å²) in [7, 11) is 0. The lowest BCUT2D eigenvalue weighted by Crippen LogP contribution is -2.47. The van der Waals surface area contributed by atoms with Crippen LogP contribution in [0, 0.1) is 0 Å². The smallest absolute Gasteiger partial charge is 0.129 e. The fraction of sp³-hybridized carbons (Fsp3) is 0.500. The van der Waals surface area contributed by atoms with Crippen molar-refractivity contribution in [1.29, 1.82) is 0 Å². The van der Waals surface area contributed by atoms with Gasteiger partial charge in [0.05, 0.1) is 18.8 Å². The highest BCUT2D eigenvalue weighted by Gasteiger charge is 2.24. The fourth-order valence-corrected chi connectivity index (χ4v) is 2.08. The Balaban J connectivity index is 2.26. The first-order chi connectivity index (χ1) is 8.08. The van der Waals surface area contributed by atoms with Crippen LogP contribution in [0.15, 0.2) is 18.3 Å². The Labute approximate surface area is 107 Å². The van der Waals surface area contributed by atoms with Gasteiger partial charge in [0.15, 0.2) is 0 Å². The largest absolute Gasteiger partial charge is 0.389 e. The van der Waals surface area contributed by atoms with Crippen LogP contribution in [0.5, 0.6) is 0 Å². The highest BCUT2D eigenvalue weighted by atomic mass is 32.1. The molecule has 0 bridgehead atoms. The summed E-state index contributed by atoms with van der Waals surface area (Å²) in [5.41, 5.74) is 6.49. The average molecular weight is 251 g/mol. The summed E-state index contributed by atoms with van der Waals surface area (Å²) >= 11 is 4.98. The molecule has 0 radical (unpaired) electrons. The number of morpholine rings is 1. The van der Waals surface area contributed by atoms with Gasteiger partial charge in [-0.1, -0.05) is 12.2 Å². The van der Waals surface area contributed by atoms with E-state index in [2.05, 4.69) is 23.7 Å². The highest BCUT2D eigenvalue weighted by Crippen LogP contribution is 2.20. The van der Waals surface area contributed by atoms with Gasteiger partial charge < -0.3 is 15.4 Å². The van der Waals surface area contributed by atoms with Crippen molar-refractivity contribution in [3.05, 3.63) is 23.9 Å². The Kier molecular flexibility index (Phi) is 3.59. The Morgan fingerprint density at radius 1 is 1.59 bits per heavy atom. The van der Waals surface area contributed by atoms with Gasteiger partial charge in [0.25, 0.3) is 0 Å². The number of nitrogens with two attached hydrogens (primary N) is 1. The summed E-state index contributed by atoms with van der Waals surface area (Å²) < 4.78 is 5.60. The first kappa shape index (κ1) is 12.3. The van der Waals surface area contributed by atoms with Crippen LogP contribution >= 0.6 is 12.2 Å². The van der Waals surface area contributed by atoms with Crippen LogP contribution in [0.3, 0.4) is 0 Å². The lowest BCUT2D eigenvalue weighted by Gasteiger charge is -2.37. The molecule has 5 heteroatoms. The molecule has 0 saturated carbocycles. The van der Waals surface area contributed by atoms with E-state index < -0.39 is 0 Å². The minimum Gasteiger partial charge on any atom is -0.389 e. The summed E-state index contributed by atoms with van der Waals surface area (Å²) in [4.78, 5) is 7.02. The maximum atomic E-state index is 5.63. The van der Waals surface area contributed by atoms with Crippen molar-refractivity contribution in [2.75, 3.05) is 18.1 Å². The van der Waals surface area contributed by atoms with E-state index >= 15 is 0 Å². The molecule has 2 rings (SSSR count). The molecule has 2 N–H and O–H groups in total. The van der Waals surface area contributed by atoms with Crippen LogP contribution in [-0.4, -0.2) is 35.3 Å². The predicted octanol–water partition coefficient (Wildman–Crippen LogP) is 1.33. The van der Waals surface area contributed by atoms with E-state index in [9.17, 15) is 0 Å². The minimum atomic E-state index is 0.224. The van der Waals surface area contributed by atoms with E-state index in [-0.39, 0.29) is 6.10 Å². The monoisotopic (exact) mass is 251 g/mol. The van der Waals surface area contributed by atoms with Crippen molar-refractivity contribution >= 4 is 23.0 Å². The van der Waals surface area contributed by atoms with Crippen LogP contribution in [0.25, 0.3) is 0 Å². The molecule has 1 fully saturated rings. The number of thiocarbonyl (C=S) groups is 1. The van der Waals surface area contributed by atoms with E-state index in [0.29, 0.717) is 11.0 Å². The van der Waals surface area contributed by atoms with Crippen molar-refractivity contribution in [2.45, 2.75) is 26.0 Å². The molecule has 17 heavy (non-hydrogen) atoms. The van der Waals surface area contributed by atoms with Crippen LogP contribution in [0.1, 0.15) is 19.4 Å². The second-order valence-electron chi connectivity index (χ2n) is 4.41. The molecular formula is C12H17N3OS. The van der Waals surface area contributed by atoms with Crippen molar-refractivity contribution in [3.8, 4) is 0 Å². The molecule has 1 aliphatic heterocycles. The second kappa shape index (κ2) is 4.98. The van der Waals surface area contributed by atoms with Gasteiger partial charge in [0.2, 0.25) is 0 Å². The lowest BCUT2D eigenvalue weighted by atomic mass is 10.2. The van der Waals surface area contributed by atoms with Crippen LogP contribution < -0.4 is 10.6 Å². The number of hydrogen-bond acceptors (Lipinski definition) is 4. The maximum absolute atomic E-state index is 5.63. The second-order valence-corrected chi connectivity index (χ2v) is 4.85. The first-order valence-corrected chi connectivity index (χ1v) is 6.13. The summed E-state index contributed by atoms with van der Waals surface area (Å²) in [6.45, 7) is 5.76. The number of rotatable bonds is 2. The third-order valence-corrected chi connectivity index (χ3v) is 3.17. The normalized spacial score (nSPS) is 24.7. The van der Waals surface area contributed by atoms with E-state index in [1.165, 1.54) is 0 Å². The Morgan fingerprint density at radius 3 is 3.06 bits per heavy atom. The zero-order valence-corrected chi connectivity index (χ0v) is 10.9. The first-order valence-electron chi connectivity index (χ1n) is 5.72. The molecule has 1 saturated heterocycles.